The van der Waals surface area contributed by atoms with Crippen LogP contribution in [-0.2, 0) is 13.7 Å². The van der Waals surface area contributed by atoms with E-state index >= 15 is 0 Å². The van der Waals surface area contributed by atoms with E-state index in [9.17, 15) is 0 Å². The molecule has 2 aromatic heterocycles. The summed E-state index contributed by atoms with van der Waals surface area (Å²) < 4.78 is 12.3. The Morgan fingerprint density at radius 1 is 1.21 bits per heavy atom. The first kappa shape index (κ1) is 18.0. The number of hydrogen-bond acceptors (Lipinski definition) is 2. The van der Waals surface area contributed by atoms with Gasteiger partial charge in [0.05, 0.1) is 32.5 Å². The number of guanidine groups is 1. The van der Waals surface area contributed by atoms with Crippen LogP contribution in [0, 0.1) is 0 Å². The third kappa shape index (κ3) is 3.98. The predicted molar refractivity (Wildman–Crippen MR) is 108 cm³/mol. The summed E-state index contributed by atoms with van der Waals surface area (Å²) in [6, 6.07) is 14.0. The van der Waals surface area contributed by atoms with Crippen LogP contribution in [-0.4, -0.2) is 34.4 Å². The van der Waals surface area contributed by atoms with E-state index in [2.05, 4.69) is 36.3 Å². The van der Waals surface area contributed by atoms with Gasteiger partial charge in [-0.2, -0.15) is 5.43 Å². The molecule has 7 heteroatoms. The highest BCUT2D eigenvalue weighted by atomic mass is 16.5. The van der Waals surface area contributed by atoms with Crippen LogP contribution < -0.4 is 20.3 Å². The number of aromatic nitrogens is 2. The zero-order chi connectivity index (χ0) is 19.3. The Bertz CT molecular complexity index is 1010. The summed E-state index contributed by atoms with van der Waals surface area (Å²) in [5, 5.41) is 4.22. The first-order chi connectivity index (χ1) is 13.7. The molecule has 7 nitrogen and oxygen atoms in total. The fourth-order valence-electron chi connectivity index (χ4n) is 3.38. The van der Waals surface area contributed by atoms with E-state index in [0.29, 0.717) is 12.6 Å². The lowest BCUT2D eigenvalue weighted by molar-refractivity contribution is -0.511. The highest BCUT2D eigenvalue weighted by Gasteiger charge is 2.14. The lowest BCUT2D eigenvalue weighted by Gasteiger charge is -2.04. The molecular weight excluding hydrogens is 352 g/mol. The van der Waals surface area contributed by atoms with Crippen molar-refractivity contribution in [2.24, 2.45) is 17.9 Å². The number of fused-ring (bicyclic) bond motifs is 1. The maximum atomic E-state index is 6.00. The number of imidazole rings is 1. The number of nitrogens with zero attached hydrogens (tertiary/aromatic N) is 4. The summed E-state index contributed by atoms with van der Waals surface area (Å²) >= 11 is 0. The average Bonchev–Trinajstić information content (AvgIpc) is 3.36. The van der Waals surface area contributed by atoms with Crippen molar-refractivity contribution in [2.45, 2.75) is 19.4 Å². The Kier molecular flexibility index (Phi) is 5.23. The van der Waals surface area contributed by atoms with Crippen molar-refractivity contribution in [2.75, 3.05) is 13.1 Å². The molecule has 3 aromatic rings. The molecule has 1 aromatic carbocycles. The first-order valence-electron chi connectivity index (χ1n) is 9.54. The number of ether oxygens (including phenoxy) is 1. The van der Waals surface area contributed by atoms with Gasteiger partial charge in [-0.3, -0.25) is 10.3 Å². The number of rotatable bonds is 5. The average molecular weight is 378 g/mol. The summed E-state index contributed by atoms with van der Waals surface area (Å²) in [5.41, 5.74) is 12.1. The number of nitrogens with one attached hydrogen (secondary N) is 1. The van der Waals surface area contributed by atoms with Gasteiger partial charge < -0.3 is 4.74 Å². The molecule has 144 valence electrons. The number of aryl methyl sites for hydroxylation is 1. The van der Waals surface area contributed by atoms with Gasteiger partial charge in [-0.05, 0) is 48.7 Å². The summed E-state index contributed by atoms with van der Waals surface area (Å²) in [4.78, 5) is 0. The zero-order valence-corrected chi connectivity index (χ0v) is 16.1. The first-order valence-corrected chi connectivity index (χ1v) is 9.54. The number of hydrogen-bond donors (Lipinski definition) is 2. The Morgan fingerprint density at radius 3 is 2.75 bits per heavy atom. The van der Waals surface area contributed by atoms with E-state index in [1.165, 1.54) is 12.8 Å². The van der Waals surface area contributed by atoms with Crippen LogP contribution in [0.3, 0.4) is 0 Å². The van der Waals surface area contributed by atoms with E-state index in [1.807, 2.05) is 49.6 Å². The molecule has 1 saturated heterocycles. The quantitative estimate of drug-likeness (QED) is 0.305. The monoisotopic (exact) mass is 378 g/mol. The lowest BCUT2D eigenvalue weighted by Crippen LogP contribution is -2.37. The van der Waals surface area contributed by atoms with Gasteiger partial charge in [-0.15, -0.1) is 5.10 Å². The number of hydrazone groups is 1. The van der Waals surface area contributed by atoms with Gasteiger partial charge in [0.2, 0.25) is 0 Å². The third-order valence-corrected chi connectivity index (χ3v) is 5.04. The predicted octanol–water partition coefficient (Wildman–Crippen LogP) is 1.39. The normalized spacial score (nSPS) is 14.1. The minimum atomic E-state index is 0.508. The van der Waals surface area contributed by atoms with Gasteiger partial charge in [0.25, 0.3) is 5.65 Å². The topological polar surface area (TPSA) is 71.7 Å². The van der Waals surface area contributed by atoms with Crippen molar-refractivity contribution < 1.29 is 13.7 Å². The molecule has 0 unspecified atom stereocenters. The molecule has 0 aliphatic carbocycles. The van der Waals surface area contributed by atoms with E-state index in [1.54, 1.807) is 6.21 Å². The summed E-state index contributed by atoms with van der Waals surface area (Å²) in [5.74, 6) is 1.44. The molecule has 1 aliphatic rings. The molecule has 0 bridgehead atoms. The Labute approximate surface area is 164 Å². The smallest absolute Gasteiger partial charge is 0.367 e. The van der Waals surface area contributed by atoms with E-state index in [0.717, 1.165) is 35.7 Å². The third-order valence-electron chi connectivity index (χ3n) is 5.04. The van der Waals surface area contributed by atoms with Crippen molar-refractivity contribution in [3.63, 3.8) is 0 Å². The highest BCUT2D eigenvalue weighted by Crippen LogP contribution is 2.14. The second kappa shape index (κ2) is 8.12. The molecule has 28 heavy (non-hydrogen) atoms. The van der Waals surface area contributed by atoms with Crippen LogP contribution in [0.15, 0.2) is 60.0 Å². The van der Waals surface area contributed by atoms with Crippen LogP contribution in [0.5, 0.6) is 5.75 Å². The molecule has 4 rings (SSSR count). The Morgan fingerprint density at radius 2 is 2.00 bits per heavy atom. The molecule has 3 heterocycles. The van der Waals surface area contributed by atoms with E-state index in [4.69, 9.17) is 10.5 Å². The van der Waals surface area contributed by atoms with Crippen LogP contribution >= 0.6 is 0 Å². The van der Waals surface area contributed by atoms with Gasteiger partial charge in [-0.25, -0.2) is 8.97 Å². The molecule has 0 saturated carbocycles. The molecule has 3 N–H and O–H groups in total. The summed E-state index contributed by atoms with van der Waals surface area (Å²) in [6.45, 7) is 2.50. The number of benzene rings is 1. The SMILES string of the molecule is Cn1c(COc2ccc(/C=N\NC(N)=[N+]3CCCC3)cc2)c[n+]2ccccc12. The van der Waals surface area contributed by atoms with Crippen molar-refractivity contribution in [1.29, 1.82) is 0 Å². The van der Waals surface area contributed by atoms with Crippen LogP contribution in [0.1, 0.15) is 24.1 Å². The van der Waals surface area contributed by atoms with Crippen molar-refractivity contribution in [1.82, 2.24) is 9.99 Å². The van der Waals surface area contributed by atoms with Gasteiger partial charge in [-0.1, -0.05) is 6.07 Å². The van der Waals surface area contributed by atoms with Gasteiger partial charge in [0.1, 0.15) is 11.9 Å². The Hall–Kier alpha value is -3.35. The maximum Gasteiger partial charge on any atom is 0.367 e. The molecule has 1 aliphatic heterocycles. The zero-order valence-electron chi connectivity index (χ0n) is 16.1. The minimum Gasteiger partial charge on any atom is -0.485 e. The number of nitrogens with two attached hydrogens (primary N) is 1. The van der Waals surface area contributed by atoms with Crippen molar-refractivity contribution >= 4 is 17.8 Å². The molecule has 1 fully saturated rings. The van der Waals surface area contributed by atoms with Crippen molar-refractivity contribution in [3.05, 3.63) is 66.1 Å². The lowest BCUT2D eigenvalue weighted by atomic mass is 10.2. The molecule has 0 atom stereocenters. The second-order valence-electron chi connectivity index (χ2n) is 6.95. The van der Waals surface area contributed by atoms with Crippen LogP contribution in [0.2, 0.25) is 0 Å². The minimum absolute atomic E-state index is 0.508. The van der Waals surface area contributed by atoms with Gasteiger partial charge >= 0.3 is 5.96 Å². The molecule has 0 radical (unpaired) electrons. The van der Waals surface area contributed by atoms with Crippen molar-refractivity contribution in [3.8, 4) is 5.75 Å². The Balaban J connectivity index is 1.34. The van der Waals surface area contributed by atoms with Crippen LogP contribution in [0.25, 0.3) is 5.65 Å². The number of pyridine rings is 1. The second-order valence-corrected chi connectivity index (χ2v) is 6.95. The fourth-order valence-corrected chi connectivity index (χ4v) is 3.38. The standard InChI is InChI=1S/C21H25N6O/c1-25-18(15-27-13-3-2-6-20(25)27)16-28-19-9-7-17(8-10-19)14-23-24-21(22)26-11-4-5-12-26/h2-3,6-10,13-15H,4-5,11-12,16H2,1H3,(H2,22,24)/q+1/p+1/b23-14-. The van der Waals surface area contributed by atoms with E-state index in [-0.39, 0.29) is 0 Å². The van der Waals surface area contributed by atoms with Gasteiger partial charge in [0, 0.05) is 6.07 Å². The van der Waals surface area contributed by atoms with E-state index < -0.39 is 0 Å². The molecule has 0 amide bonds. The van der Waals surface area contributed by atoms with Gasteiger partial charge in [0.15, 0.2) is 12.3 Å². The molecule has 0 spiro atoms. The summed E-state index contributed by atoms with van der Waals surface area (Å²) in [6.07, 6.45) is 8.25. The fraction of sp³-hybridized carbons (Fsp3) is 0.286. The summed E-state index contributed by atoms with van der Waals surface area (Å²) in [7, 11) is 2.05. The largest absolute Gasteiger partial charge is 0.485 e. The molecular formula is C21H26N6O+2. The highest BCUT2D eigenvalue weighted by molar-refractivity contribution is 5.81. The maximum absolute atomic E-state index is 6.00. The van der Waals surface area contributed by atoms with Crippen LogP contribution in [0.4, 0.5) is 0 Å².